The fraction of sp³-hybridized carbons (Fsp3) is 0.235. The molecule has 0 saturated heterocycles. The van der Waals surface area contributed by atoms with Crippen LogP contribution in [0.25, 0.3) is 0 Å². The number of ketones is 1. The van der Waals surface area contributed by atoms with Gasteiger partial charge in [0.05, 0.1) is 18.7 Å². The maximum Gasteiger partial charge on any atom is 0.194 e. The van der Waals surface area contributed by atoms with E-state index in [1.165, 1.54) is 0 Å². The van der Waals surface area contributed by atoms with Crippen molar-refractivity contribution in [1.82, 2.24) is 0 Å². The number of hydrogen-bond acceptors (Lipinski definition) is 3. The molecule has 0 atom stereocenters. The first-order valence-electron chi connectivity index (χ1n) is 6.76. The van der Waals surface area contributed by atoms with E-state index in [4.69, 9.17) is 21.1 Å². The van der Waals surface area contributed by atoms with Crippen molar-refractivity contribution in [1.29, 1.82) is 0 Å². The molecule has 0 aliphatic rings. The third kappa shape index (κ3) is 3.76. The Morgan fingerprint density at radius 2 is 1.95 bits per heavy atom. The molecule has 0 aliphatic carbocycles. The molecule has 2 rings (SSSR count). The summed E-state index contributed by atoms with van der Waals surface area (Å²) in [7, 11) is 1.56. The second kappa shape index (κ2) is 7.14. The fourth-order valence-corrected chi connectivity index (χ4v) is 2.17. The number of methoxy groups -OCH3 is 1. The molecule has 0 amide bonds. The van der Waals surface area contributed by atoms with Crippen molar-refractivity contribution >= 4 is 17.4 Å². The zero-order valence-electron chi connectivity index (χ0n) is 12.1. The maximum atomic E-state index is 12.5. The van der Waals surface area contributed by atoms with Crippen molar-refractivity contribution in [2.75, 3.05) is 13.7 Å². The van der Waals surface area contributed by atoms with Crippen LogP contribution < -0.4 is 9.47 Å². The number of ether oxygens (including phenoxy) is 2. The lowest BCUT2D eigenvalue weighted by Gasteiger charge is -2.08. The summed E-state index contributed by atoms with van der Waals surface area (Å²) in [5.74, 6) is 1.17. The van der Waals surface area contributed by atoms with Gasteiger partial charge in [0.15, 0.2) is 5.78 Å². The van der Waals surface area contributed by atoms with Crippen LogP contribution in [0, 0.1) is 0 Å². The number of hydrogen-bond donors (Lipinski definition) is 0. The second-order valence-electron chi connectivity index (χ2n) is 4.55. The average molecular weight is 305 g/mol. The Hall–Kier alpha value is -2.00. The van der Waals surface area contributed by atoms with Gasteiger partial charge in [0.2, 0.25) is 0 Å². The van der Waals surface area contributed by atoms with Crippen LogP contribution in [0.15, 0.2) is 42.5 Å². The van der Waals surface area contributed by atoms with Gasteiger partial charge in [-0.05, 0) is 36.8 Å². The number of benzene rings is 2. The monoisotopic (exact) mass is 304 g/mol. The molecule has 0 unspecified atom stereocenters. The molecule has 4 heteroatoms. The van der Waals surface area contributed by atoms with Gasteiger partial charge in [0, 0.05) is 11.1 Å². The topological polar surface area (TPSA) is 35.5 Å². The van der Waals surface area contributed by atoms with Crippen LogP contribution in [-0.4, -0.2) is 19.5 Å². The standard InChI is InChI=1S/C17H17ClO3/c1-3-9-21-14-6-4-5-12(10-14)17(19)15-8-7-13(20-2)11-16(15)18/h4-8,10-11H,3,9H2,1-2H3. The van der Waals surface area contributed by atoms with E-state index in [1.54, 1.807) is 43.5 Å². The molecule has 0 aromatic heterocycles. The highest BCUT2D eigenvalue weighted by molar-refractivity contribution is 6.35. The van der Waals surface area contributed by atoms with E-state index in [-0.39, 0.29) is 5.78 Å². The Labute approximate surface area is 129 Å². The quantitative estimate of drug-likeness (QED) is 0.743. The van der Waals surface area contributed by atoms with E-state index >= 15 is 0 Å². The molecule has 2 aromatic carbocycles. The predicted octanol–water partition coefficient (Wildman–Crippen LogP) is 4.37. The lowest BCUT2D eigenvalue weighted by atomic mass is 10.0. The van der Waals surface area contributed by atoms with Crippen LogP contribution in [0.2, 0.25) is 5.02 Å². The second-order valence-corrected chi connectivity index (χ2v) is 4.96. The third-order valence-electron chi connectivity index (χ3n) is 2.99. The van der Waals surface area contributed by atoms with E-state index in [0.717, 1.165) is 6.42 Å². The molecule has 2 aromatic rings. The van der Waals surface area contributed by atoms with Gasteiger partial charge in [-0.1, -0.05) is 30.7 Å². The average Bonchev–Trinajstić information content (AvgIpc) is 2.52. The smallest absolute Gasteiger partial charge is 0.194 e. The minimum Gasteiger partial charge on any atom is -0.497 e. The lowest BCUT2D eigenvalue weighted by Crippen LogP contribution is -2.03. The maximum absolute atomic E-state index is 12.5. The molecule has 0 heterocycles. The molecule has 0 aliphatic heterocycles. The fourth-order valence-electron chi connectivity index (χ4n) is 1.91. The van der Waals surface area contributed by atoms with Crippen molar-refractivity contribution in [3.63, 3.8) is 0 Å². The van der Waals surface area contributed by atoms with E-state index in [0.29, 0.717) is 34.3 Å². The van der Waals surface area contributed by atoms with Crippen LogP contribution in [-0.2, 0) is 0 Å². The van der Waals surface area contributed by atoms with E-state index in [1.807, 2.05) is 13.0 Å². The normalized spacial score (nSPS) is 10.2. The molecule has 0 fully saturated rings. The molecule has 0 N–H and O–H groups in total. The first kappa shape index (κ1) is 15.4. The number of carbonyl (C=O) groups is 1. The molecule has 21 heavy (non-hydrogen) atoms. The lowest BCUT2D eigenvalue weighted by molar-refractivity contribution is 0.103. The molecule has 3 nitrogen and oxygen atoms in total. The van der Waals surface area contributed by atoms with Gasteiger partial charge in [0.1, 0.15) is 11.5 Å². The van der Waals surface area contributed by atoms with Crippen LogP contribution in [0.3, 0.4) is 0 Å². The van der Waals surface area contributed by atoms with Crippen LogP contribution in [0.4, 0.5) is 0 Å². The minimum absolute atomic E-state index is 0.135. The summed E-state index contributed by atoms with van der Waals surface area (Å²) in [6.07, 6.45) is 0.919. The first-order valence-corrected chi connectivity index (χ1v) is 7.14. The van der Waals surface area contributed by atoms with Crippen molar-refractivity contribution in [2.45, 2.75) is 13.3 Å². The predicted molar refractivity (Wildman–Crippen MR) is 83.7 cm³/mol. The summed E-state index contributed by atoms with van der Waals surface area (Å²) >= 11 is 6.14. The van der Waals surface area contributed by atoms with E-state index in [2.05, 4.69) is 0 Å². The summed E-state index contributed by atoms with van der Waals surface area (Å²) in [4.78, 5) is 12.5. The Morgan fingerprint density at radius 1 is 1.14 bits per heavy atom. The number of rotatable bonds is 6. The SMILES string of the molecule is CCCOc1cccc(C(=O)c2ccc(OC)cc2Cl)c1. The largest absolute Gasteiger partial charge is 0.497 e. The van der Waals surface area contributed by atoms with Crippen LogP contribution in [0.1, 0.15) is 29.3 Å². The highest BCUT2D eigenvalue weighted by Crippen LogP contribution is 2.25. The minimum atomic E-state index is -0.135. The van der Waals surface area contributed by atoms with Gasteiger partial charge in [-0.15, -0.1) is 0 Å². The summed E-state index contributed by atoms with van der Waals surface area (Å²) in [6.45, 7) is 2.66. The van der Waals surface area contributed by atoms with Gasteiger partial charge in [0.25, 0.3) is 0 Å². The van der Waals surface area contributed by atoms with Crippen molar-refractivity contribution in [2.24, 2.45) is 0 Å². The zero-order chi connectivity index (χ0) is 15.2. The Balaban J connectivity index is 2.27. The first-order chi connectivity index (χ1) is 10.2. The summed E-state index contributed by atoms with van der Waals surface area (Å²) in [5.41, 5.74) is 1.00. The van der Waals surface area contributed by atoms with Gasteiger partial charge in [-0.25, -0.2) is 0 Å². The molecule has 0 bridgehead atoms. The highest BCUT2D eigenvalue weighted by atomic mass is 35.5. The number of carbonyl (C=O) groups excluding carboxylic acids is 1. The molecule has 0 radical (unpaired) electrons. The van der Waals surface area contributed by atoms with Crippen molar-refractivity contribution < 1.29 is 14.3 Å². The third-order valence-corrected chi connectivity index (χ3v) is 3.30. The molecular weight excluding hydrogens is 288 g/mol. The van der Waals surface area contributed by atoms with Gasteiger partial charge >= 0.3 is 0 Å². The zero-order valence-corrected chi connectivity index (χ0v) is 12.8. The van der Waals surface area contributed by atoms with Gasteiger partial charge in [-0.3, -0.25) is 4.79 Å². The van der Waals surface area contributed by atoms with Crippen molar-refractivity contribution in [3.05, 3.63) is 58.6 Å². The summed E-state index contributed by atoms with van der Waals surface area (Å²) in [5, 5.41) is 0.374. The van der Waals surface area contributed by atoms with Crippen LogP contribution in [0.5, 0.6) is 11.5 Å². The number of halogens is 1. The molecule has 110 valence electrons. The Bertz CT molecular complexity index is 638. The van der Waals surface area contributed by atoms with Gasteiger partial charge in [-0.2, -0.15) is 0 Å². The summed E-state index contributed by atoms with van der Waals surface area (Å²) < 4.78 is 10.6. The Morgan fingerprint density at radius 3 is 2.62 bits per heavy atom. The Kier molecular flexibility index (Phi) is 5.23. The van der Waals surface area contributed by atoms with E-state index in [9.17, 15) is 4.79 Å². The van der Waals surface area contributed by atoms with Crippen LogP contribution >= 0.6 is 11.6 Å². The highest BCUT2D eigenvalue weighted by Gasteiger charge is 2.14. The molecule has 0 saturated carbocycles. The molecule has 0 spiro atoms. The van der Waals surface area contributed by atoms with E-state index < -0.39 is 0 Å². The van der Waals surface area contributed by atoms with Gasteiger partial charge < -0.3 is 9.47 Å². The van der Waals surface area contributed by atoms with Crippen molar-refractivity contribution in [3.8, 4) is 11.5 Å². The molecular formula is C17H17ClO3. The summed E-state index contributed by atoms with van der Waals surface area (Å²) in [6, 6.07) is 12.1.